The average Bonchev–Trinajstić information content (AvgIpc) is 2.82. The monoisotopic (exact) mass is 586 g/mol. The number of aliphatic hydroxyl groups excluding tert-OH is 5. The van der Waals surface area contributed by atoms with Gasteiger partial charge in [0.2, 0.25) is 10.4 Å². The van der Waals surface area contributed by atoms with Gasteiger partial charge in [0.1, 0.15) is 42.7 Å². The average molecular weight is 587 g/mol. The van der Waals surface area contributed by atoms with Crippen molar-refractivity contribution < 1.29 is 91.2 Å². The zero-order chi connectivity index (χ0) is 26.9. The minimum atomic E-state index is -5.34. The van der Waals surface area contributed by atoms with Gasteiger partial charge in [0.25, 0.3) is 0 Å². The Labute approximate surface area is 245 Å². The van der Waals surface area contributed by atoms with E-state index in [0.29, 0.717) is 0 Å². The molecule has 2 aliphatic rings. The maximum Gasteiger partial charge on any atom is 1.00 e. The van der Waals surface area contributed by atoms with E-state index in [-0.39, 0.29) is 36.2 Å². The first-order valence-electron chi connectivity index (χ1n) is 12.2. The van der Waals surface area contributed by atoms with Gasteiger partial charge in [-0.2, -0.15) is 12.6 Å². The Kier molecular flexibility index (Phi) is 17.1. The fraction of sp³-hybridized carbons (Fsp3) is 1.00. The van der Waals surface area contributed by atoms with Crippen molar-refractivity contribution in [2.45, 2.75) is 113 Å². The first kappa shape index (κ1) is 35.9. The van der Waals surface area contributed by atoms with E-state index in [1.54, 1.807) is 0 Å². The number of hydrogen-bond donors (Lipinski definition) is 6. The molecule has 0 aromatic rings. The number of unbranched alkanes of at least 4 members (excludes halogenated alkanes) is 6. The number of aliphatic hydroxyl groups is 5. The molecule has 16 heteroatoms. The molecule has 13 nitrogen and oxygen atoms in total. The molecule has 0 saturated carbocycles. The van der Waals surface area contributed by atoms with Gasteiger partial charge >= 0.3 is 29.6 Å². The van der Waals surface area contributed by atoms with Crippen LogP contribution in [0.25, 0.3) is 0 Å². The van der Waals surface area contributed by atoms with Crippen molar-refractivity contribution in [3.05, 3.63) is 0 Å². The number of thiol groups is 1. The third-order valence-electron chi connectivity index (χ3n) is 6.21. The molecule has 0 aromatic heterocycles. The Bertz CT molecular complexity index is 733. The number of ether oxygens (including phenoxy) is 4. The van der Waals surface area contributed by atoms with Gasteiger partial charge in [-0.25, -0.2) is 8.42 Å². The minimum absolute atomic E-state index is 0. The van der Waals surface area contributed by atoms with Crippen LogP contribution in [0.2, 0.25) is 0 Å². The van der Waals surface area contributed by atoms with Crippen LogP contribution in [-0.4, -0.2) is 119 Å². The van der Waals surface area contributed by atoms with Crippen molar-refractivity contribution in [2.75, 3.05) is 19.0 Å². The van der Waals surface area contributed by atoms with Gasteiger partial charge in [-0.3, -0.25) is 4.18 Å². The second kappa shape index (κ2) is 17.6. The third kappa shape index (κ3) is 11.3. The van der Waals surface area contributed by atoms with Crippen LogP contribution >= 0.6 is 12.6 Å². The molecule has 0 bridgehead atoms. The minimum Gasteiger partial charge on any atom is -0.726 e. The summed E-state index contributed by atoms with van der Waals surface area (Å²) >= 11 is 4.19. The Hall–Kier alpha value is 0.860. The molecular weight excluding hydrogens is 547 g/mol. The molecule has 2 saturated heterocycles. The summed E-state index contributed by atoms with van der Waals surface area (Å²) < 4.78 is 59.4. The predicted octanol–water partition coefficient (Wildman–Crippen LogP) is -4.20. The Balaban J connectivity index is 0.00000684. The van der Waals surface area contributed by atoms with E-state index >= 15 is 0 Å². The van der Waals surface area contributed by atoms with Crippen LogP contribution in [0.1, 0.15) is 51.9 Å². The first-order chi connectivity index (χ1) is 17.0. The topological polar surface area (TPSA) is 204 Å². The Morgan fingerprint density at radius 2 is 1.41 bits per heavy atom. The van der Waals surface area contributed by atoms with Crippen molar-refractivity contribution in [1.82, 2.24) is 0 Å². The first-order valence-corrected chi connectivity index (χ1v) is 14.1. The maximum atomic E-state index is 11.0. The van der Waals surface area contributed by atoms with Crippen molar-refractivity contribution >= 4 is 23.0 Å². The number of rotatable bonds is 15. The van der Waals surface area contributed by atoms with E-state index in [9.17, 15) is 38.5 Å². The molecule has 2 aliphatic heterocycles. The third-order valence-corrected chi connectivity index (χ3v) is 6.98. The van der Waals surface area contributed by atoms with Gasteiger partial charge in [-0.1, -0.05) is 32.1 Å². The van der Waals surface area contributed by atoms with E-state index < -0.39 is 78.4 Å². The van der Waals surface area contributed by atoms with Gasteiger partial charge in [0.05, 0.1) is 12.7 Å². The molecule has 0 aliphatic carbocycles. The largest absolute Gasteiger partial charge is 1.00 e. The summed E-state index contributed by atoms with van der Waals surface area (Å²) in [6, 6.07) is 0. The molecule has 0 amide bonds. The van der Waals surface area contributed by atoms with E-state index in [0.717, 1.165) is 50.7 Å². The fourth-order valence-electron chi connectivity index (χ4n) is 4.16. The van der Waals surface area contributed by atoms with Gasteiger partial charge in [-0.15, -0.1) is 0 Å². The van der Waals surface area contributed by atoms with Crippen molar-refractivity contribution in [2.24, 2.45) is 0 Å². The van der Waals surface area contributed by atoms with Crippen LogP contribution < -0.4 is 29.6 Å². The van der Waals surface area contributed by atoms with Crippen LogP contribution in [0, 0.1) is 0 Å². The molecule has 0 radical (unpaired) electrons. The van der Waals surface area contributed by atoms with E-state index in [1.807, 2.05) is 0 Å². The zero-order valence-electron chi connectivity index (χ0n) is 21.2. The molecule has 2 rings (SSSR count). The normalized spacial score (nSPS) is 36.8. The fourth-order valence-corrected chi connectivity index (χ4v) is 4.89. The smallest absolute Gasteiger partial charge is 0.726 e. The van der Waals surface area contributed by atoms with E-state index in [4.69, 9.17) is 18.9 Å². The van der Waals surface area contributed by atoms with Crippen LogP contribution in [-0.2, 0) is 33.5 Å². The molecule has 0 unspecified atom stereocenters. The maximum absolute atomic E-state index is 11.0. The predicted molar refractivity (Wildman–Crippen MR) is 126 cm³/mol. The molecule has 2 fully saturated rings. The Morgan fingerprint density at radius 1 is 0.838 bits per heavy atom. The summed E-state index contributed by atoms with van der Waals surface area (Å²) in [6.45, 7) is 0.970. The molecule has 37 heavy (non-hydrogen) atoms. The van der Waals surface area contributed by atoms with Crippen LogP contribution in [0.5, 0.6) is 0 Å². The summed E-state index contributed by atoms with van der Waals surface area (Å²) in [5.41, 5.74) is 0. The molecule has 0 aromatic carbocycles. The van der Waals surface area contributed by atoms with Crippen molar-refractivity contribution in [1.29, 1.82) is 0 Å². The summed E-state index contributed by atoms with van der Waals surface area (Å²) in [4.78, 5) is 0. The van der Waals surface area contributed by atoms with Crippen LogP contribution in [0.4, 0.5) is 0 Å². The molecular formula is C21H39NaO13S2. The van der Waals surface area contributed by atoms with E-state index in [2.05, 4.69) is 16.8 Å². The second-order valence-electron chi connectivity index (χ2n) is 9.04. The van der Waals surface area contributed by atoms with Crippen molar-refractivity contribution in [3.8, 4) is 0 Å². The quantitative estimate of drug-likeness (QED) is 0.0355. The molecule has 0 spiro atoms. The SMILES string of the molecule is C[C@@H]1O[C@@H](OCCCCCCCCCS)[C@@H](O)[C@H](O[C@@H]2O[C@H](CO)[C@@H](O)[C@H](OS(=O)(=O)[O-])[C@H]2O)[C@@H]1O.[Na+]. The second-order valence-corrected chi connectivity index (χ2v) is 10.5. The molecule has 2 heterocycles. The molecule has 5 N–H and O–H groups in total. The van der Waals surface area contributed by atoms with Crippen LogP contribution in [0.15, 0.2) is 0 Å². The molecule has 10 atom stereocenters. The van der Waals surface area contributed by atoms with Gasteiger partial charge in [-0.05, 0) is 25.5 Å². The summed E-state index contributed by atoms with van der Waals surface area (Å²) in [6.07, 6.45) is -8.35. The van der Waals surface area contributed by atoms with Crippen molar-refractivity contribution in [3.63, 3.8) is 0 Å². The molecule has 214 valence electrons. The van der Waals surface area contributed by atoms with Crippen LogP contribution in [0.3, 0.4) is 0 Å². The zero-order valence-corrected chi connectivity index (χ0v) is 24.9. The summed E-state index contributed by atoms with van der Waals surface area (Å²) in [5, 5.41) is 51.3. The van der Waals surface area contributed by atoms with Gasteiger partial charge < -0.3 is 49.0 Å². The summed E-state index contributed by atoms with van der Waals surface area (Å²) in [7, 11) is -5.34. The summed E-state index contributed by atoms with van der Waals surface area (Å²) in [5.74, 6) is 0.890. The standard InChI is InChI=1S/C21H40O13S2.Na/c1-12-14(23)18(16(25)20(31-12)30-9-7-5-3-2-4-6-8-10-35)33-21-17(26)19(34-36(27,28)29)15(24)13(11-22)32-21;/h12-26,35H,2-11H2,1H3,(H,27,28,29);/q;+1/p-1/t12-,13+,14+,15+,16-,17+,18+,19-,20+,21-;/m0./s1. The van der Waals surface area contributed by atoms with Gasteiger partial charge in [0, 0.05) is 6.61 Å². The number of hydrogen-bond acceptors (Lipinski definition) is 14. The Morgan fingerprint density at radius 3 is 1.97 bits per heavy atom. The van der Waals surface area contributed by atoms with Gasteiger partial charge in [0.15, 0.2) is 12.6 Å². The van der Waals surface area contributed by atoms with E-state index in [1.165, 1.54) is 6.92 Å².